The molecule has 2 bridgehead atoms. The maximum absolute atomic E-state index is 13.8. The summed E-state index contributed by atoms with van der Waals surface area (Å²) in [5, 5.41) is 30.3. The van der Waals surface area contributed by atoms with Crippen molar-refractivity contribution in [2.45, 2.75) is 204 Å². The van der Waals surface area contributed by atoms with E-state index < -0.39 is 70.8 Å². The molecule has 0 aromatic heterocycles. The lowest BCUT2D eigenvalue weighted by Gasteiger charge is -2.50. The number of aliphatic hydroxyl groups excluding tert-OH is 2. The molecule has 3 N–H and O–H groups in total. The van der Waals surface area contributed by atoms with E-state index in [9.17, 15) is 29.4 Å². The Labute approximate surface area is 370 Å². The number of benzene rings is 1. The van der Waals surface area contributed by atoms with Crippen molar-refractivity contribution in [2.75, 3.05) is 7.11 Å². The van der Waals surface area contributed by atoms with Crippen molar-refractivity contribution in [2.24, 2.45) is 17.8 Å². The van der Waals surface area contributed by atoms with Crippen LogP contribution in [0.2, 0.25) is 0 Å². The van der Waals surface area contributed by atoms with Crippen LogP contribution in [0.5, 0.6) is 0 Å². The van der Waals surface area contributed by atoms with Gasteiger partial charge in [-0.05, 0) is 84.3 Å². The molecule has 0 saturated carbocycles. The zero-order chi connectivity index (χ0) is 49.2. The molecule has 1 aromatic carbocycles. The molecule has 7 atom stereocenters. The van der Waals surface area contributed by atoms with Crippen LogP contribution in [0.15, 0.2) is 55.1 Å². The van der Waals surface area contributed by atoms with E-state index >= 15 is 0 Å². The molecule has 1 aromatic rings. The van der Waals surface area contributed by atoms with Gasteiger partial charge in [-0.15, -0.1) is 6.58 Å². The predicted octanol–water partition coefficient (Wildman–Crippen LogP) is 9.54. The Hall–Kier alpha value is -3.42. The fourth-order valence-corrected chi connectivity index (χ4v) is 5.73. The zero-order valence-electron chi connectivity index (χ0n) is 41.8. The smallest absolute Gasteiger partial charge is 0.345 e. The van der Waals surface area contributed by atoms with Gasteiger partial charge in [0.15, 0.2) is 18.2 Å². The Kier molecular flexibility index (Phi) is 32.2. The lowest BCUT2D eigenvalue weighted by atomic mass is 9.76. The normalized spacial score (nSPS) is 23.1. The number of rotatable bonds is 11. The summed E-state index contributed by atoms with van der Waals surface area (Å²) < 4.78 is 28.7. The third-order valence-corrected chi connectivity index (χ3v) is 7.66. The van der Waals surface area contributed by atoms with Crippen LogP contribution in [-0.2, 0) is 49.3 Å². The van der Waals surface area contributed by atoms with Gasteiger partial charge < -0.3 is 43.8 Å². The number of carbonyl (C=O) groups excluding carboxylic acids is 4. The van der Waals surface area contributed by atoms with Gasteiger partial charge in [-0.3, -0.25) is 4.79 Å². The molecule has 0 radical (unpaired) electrons. The molecule has 0 spiro atoms. The Bertz CT molecular complexity index is 1380. The number of allylic oxidation sites excluding steroid dienone is 1. The van der Waals surface area contributed by atoms with Crippen molar-refractivity contribution >= 4 is 24.2 Å². The first-order chi connectivity index (χ1) is 28.1. The minimum Gasteiger partial charge on any atom is -0.458 e. The number of aliphatic hydroxyl groups is 3. The van der Waals surface area contributed by atoms with Gasteiger partial charge in [0.2, 0.25) is 11.2 Å². The number of fused-ring (bicyclic) bond motifs is 2. The molecule has 2 fully saturated rings. The summed E-state index contributed by atoms with van der Waals surface area (Å²) in [5.74, 6) is -3.56. The van der Waals surface area contributed by atoms with Crippen molar-refractivity contribution < 1.29 is 58.2 Å². The summed E-state index contributed by atoms with van der Waals surface area (Å²) in [7, 11) is 1.00. The first kappa shape index (κ1) is 64.2. The van der Waals surface area contributed by atoms with Gasteiger partial charge in [0, 0.05) is 32.8 Å². The Balaban J connectivity index is -0.000000825. The number of carbonyl (C=O) groups is 4. The second-order valence-electron chi connectivity index (χ2n) is 17.6. The number of ether oxygens (including phenoxy) is 5. The van der Waals surface area contributed by atoms with Gasteiger partial charge in [0.25, 0.3) is 0 Å². The van der Waals surface area contributed by atoms with Crippen molar-refractivity contribution in [3.8, 4) is 0 Å². The maximum Gasteiger partial charge on any atom is 0.345 e. The molecule has 2 aliphatic heterocycles. The highest BCUT2D eigenvalue weighted by Crippen LogP contribution is 2.55. The van der Waals surface area contributed by atoms with E-state index in [0.717, 1.165) is 24.5 Å². The molecule has 61 heavy (non-hydrogen) atoms. The van der Waals surface area contributed by atoms with E-state index in [1.807, 2.05) is 71.9 Å². The summed E-state index contributed by atoms with van der Waals surface area (Å²) in [5.41, 5.74) is -6.25. The first-order valence-corrected chi connectivity index (χ1v) is 21.7. The van der Waals surface area contributed by atoms with Gasteiger partial charge in [-0.25, -0.2) is 9.59 Å². The van der Waals surface area contributed by atoms with Crippen LogP contribution in [0, 0.1) is 17.8 Å². The van der Waals surface area contributed by atoms with Crippen LogP contribution in [-0.4, -0.2) is 93.1 Å². The summed E-state index contributed by atoms with van der Waals surface area (Å²) in [4.78, 5) is 51.8. The van der Waals surface area contributed by atoms with Crippen LogP contribution in [0.25, 0.3) is 0 Å². The largest absolute Gasteiger partial charge is 0.458 e. The molecule has 12 heteroatoms. The standard InChI is InChI=1S/C33H46O11.2C4H10.C3H6.2C2H6.CH4O/c1-20(26(40-22(3)35)21(2)17-23-13-11-10-12-14-23)15-16-32-24(36)18-31(44-32,27(37)42-29(4,5)6)33(39,25(19-34)41-32)28(38)43-30(7,8)9;2*1-4(2)3;1-3-2;3*1-2/h10-14,19,21,24-26,36,39H,1,15-18H2,2-9H3;2*4H,1-3H3;3H,1H2,2H3;2*1-2H3;2H,1H3/t21-,24-,25?,26-,31?,32?,33?;;;;;;/m1....../s1. The van der Waals surface area contributed by atoms with E-state index in [0.29, 0.717) is 12.0 Å². The van der Waals surface area contributed by atoms with Gasteiger partial charge in [-0.1, -0.05) is 119 Å². The summed E-state index contributed by atoms with van der Waals surface area (Å²) in [6, 6.07) is 9.65. The lowest BCUT2D eigenvalue weighted by molar-refractivity contribution is -0.371. The topological polar surface area (TPSA) is 175 Å². The third kappa shape index (κ3) is 22.0. The molecule has 0 amide bonds. The lowest BCUT2D eigenvalue weighted by Crippen LogP contribution is -2.75. The summed E-state index contributed by atoms with van der Waals surface area (Å²) in [6.07, 6.45) is -2.50. The minimum atomic E-state index is -2.99. The predicted molar refractivity (Wildman–Crippen MR) is 246 cm³/mol. The maximum atomic E-state index is 13.8. The van der Waals surface area contributed by atoms with Gasteiger partial charge >= 0.3 is 17.9 Å². The van der Waals surface area contributed by atoms with Crippen molar-refractivity contribution in [1.29, 1.82) is 0 Å². The molecule has 4 unspecified atom stereocenters. The Morgan fingerprint density at radius 2 is 1.28 bits per heavy atom. The van der Waals surface area contributed by atoms with E-state index in [1.165, 1.54) is 6.92 Å². The van der Waals surface area contributed by atoms with E-state index in [-0.39, 0.29) is 25.0 Å². The van der Waals surface area contributed by atoms with Crippen molar-refractivity contribution in [3.05, 3.63) is 60.7 Å². The highest BCUT2D eigenvalue weighted by molar-refractivity contribution is 5.97. The molecule has 2 heterocycles. The second kappa shape index (κ2) is 30.6. The summed E-state index contributed by atoms with van der Waals surface area (Å²) >= 11 is 0. The van der Waals surface area contributed by atoms with E-state index in [1.54, 1.807) is 47.6 Å². The minimum absolute atomic E-state index is 0.0645. The quantitative estimate of drug-likeness (QED) is 0.0833. The summed E-state index contributed by atoms with van der Waals surface area (Å²) in [6.45, 7) is 43.0. The number of hydrogen-bond acceptors (Lipinski definition) is 12. The molecule has 12 nitrogen and oxygen atoms in total. The number of aldehydes is 1. The first-order valence-electron chi connectivity index (χ1n) is 21.7. The van der Waals surface area contributed by atoms with Crippen LogP contribution < -0.4 is 0 Å². The van der Waals surface area contributed by atoms with Crippen molar-refractivity contribution in [1.82, 2.24) is 0 Å². The van der Waals surface area contributed by atoms with E-state index in [4.69, 9.17) is 28.8 Å². The van der Waals surface area contributed by atoms with Gasteiger partial charge in [0.1, 0.15) is 23.4 Å². The SMILES string of the molecule is C=C(CCC12OC(C=O)C(O)(C(=O)OC(C)(C)C)C(C(=O)OC(C)(C)C)(C[C@H]1O)O2)[C@@H](OC(C)=O)[C@H](C)Cc1ccccc1.C=CC.CC.CC.CC(C)C.CC(C)C.CO. The van der Waals surface area contributed by atoms with Crippen LogP contribution in [0.3, 0.4) is 0 Å². The average molecular weight is 869 g/mol. The molecular weight excluding hydrogens is 781 g/mol. The van der Waals surface area contributed by atoms with E-state index in [2.05, 4.69) is 54.7 Å². The Morgan fingerprint density at radius 1 is 0.869 bits per heavy atom. The monoisotopic (exact) mass is 869 g/mol. The molecule has 2 saturated heterocycles. The highest BCUT2D eigenvalue weighted by atomic mass is 16.8. The molecule has 2 aliphatic rings. The fraction of sp³-hybridized carbons (Fsp3) is 0.714. The van der Waals surface area contributed by atoms with Crippen LogP contribution in [0.1, 0.15) is 156 Å². The van der Waals surface area contributed by atoms with Gasteiger partial charge in [-0.2, -0.15) is 0 Å². The molecule has 0 aliphatic carbocycles. The number of esters is 3. The van der Waals surface area contributed by atoms with Crippen LogP contribution >= 0.6 is 0 Å². The van der Waals surface area contributed by atoms with Gasteiger partial charge in [0.05, 0.1) is 0 Å². The second-order valence-corrected chi connectivity index (χ2v) is 17.6. The molecule has 356 valence electrons. The van der Waals surface area contributed by atoms with Crippen LogP contribution in [0.4, 0.5) is 0 Å². The average Bonchev–Trinajstić information content (AvgIpc) is 3.42. The van der Waals surface area contributed by atoms with Crippen molar-refractivity contribution in [3.63, 3.8) is 0 Å². The molecular formula is C49H88O12. The molecule has 3 rings (SSSR count). The fourth-order valence-electron chi connectivity index (χ4n) is 5.73. The zero-order valence-corrected chi connectivity index (χ0v) is 41.8. The number of hydrogen-bond donors (Lipinski definition) is 3. The third-order valence-electron chi connectivity index (χ3n) is 7.66. The Morgan fingerprint density at radius 3 is 1.66 bits per heavy atom. The highest BCUT2D eigenvalue weighted by Gasteiger charge is 2.80.